The van der Waals surface area contributed by atoms with Gasteiger partial charge in [-0.25, -0.2) is 9.78 Å². The largest absolute Gasteiger partial charge is 0.508 e. The lowest BCUT2D eigenvalue weighted by Gasteiger charge is -2.24. The van der Waals surface area contributed by atoms with Gasteiger partial charge in [-0.15, -0.1) is 0 Å². The highest BCUT2D eigenvalue weighted by atomic mass is 16.4. The number of nitrogens with one attached hydrogen (secondary N) is 4. The van der Waals surface area contributed by atoms with Crippen molar-refractivity contribution in [3.8, 4) is 5.75 Å². The van der Waals surface area contributed by atoms with E-state index in [0.29, 0.717) is 11.3 Å². The summed E-state index contributed by atoms with van der Waals surface area (Å²) in [4.78, 5) is 79.2. The Morgan fingerprint density at radius 2 is 1.44 bits per heavy atom. The second kappa shape index (κ2) is 14.1. The molecule has 0 saturated heterocycles. The maximum atomic E-state index is 13.1. The lowest BCUT2D eigenvalue weighted by molar-refractivity contribution is -0.142. The number of aromatic amines is 1. The molecule has 0 aliphatic rings. The van der Waals surface area contributed by atoms with E-state index >= 15 is 0 Å². The number of phenolic OH excluding ortho intramolecular Hbond substituents is 1. The Labute approximate surface area is 221 Å². The van der Waals surface area contributed by atoms with Crippen molar-refractivity contribution in [1.29, 1.82) is 0 Å². The summed E-state index contributed by atoms with van der Waals surface area (Å²) >= 11 is 0. The van der Waals surface area contributed by atoms with Crippen LogP contribution in [0.3, 0.4) is 0 Å². The van der Waals surface area contributed by atoms with E-state index in [4.69, 9.17) is 16.6 Å². The zero-order valence-electron chi connectivity index (χ0n) is 20.5. The molecule has 16 heteroatoms. The molecule has 0 aliphatic carbocycles. The maximum absolute atomic E-state index is 13.1. The molecule has 0 bridgehead atoms. The second-order valence-corrected chi connectivity index (χ2v) is 8.55. The standard InChI is InChI=1S/C23H29N7O9/c24-14(7-19(33)34)20(35)28-16(8-18(25)32)22(37)29-15(6-12-9-26-10-27-12)21(36)30-17(23(38)39)5-11-1-3-13(31)4-2-11/h1-4,9-10,14-17,31H,5-8,24H2,(H2,25,32)(H,26,27)(H,28,35)(H,29,37)(H,30,36)(H,33,34)(H,38,39). The molecular formula is C23H29N7O9. The van der Waals surface area contributed by atoms with E-state index in [1.165, 1.54) is 36.8 Å². The molecule has 2 aromatic rings. The van der Waals surface area contributed by atoms with Gasteiger partial charge >= 0.3 is 11.9 Å². The quantitative estimate of drug-likeness (QED) is 0.109. The molecule has 16 nitrogen and oxygen atoms in total. The third-order valence-corrected chi connectivity index (χ3v) is 5.37. The number of nitrogens with two attached hydrogens (primary N) is 2. The fraction of sp³-hybridized carbons (Fsp3) is 0.348. The highest BCUT2D eigenvalue weighted by Gasteiger charge is 2.32. The van der Waals surface area contributed by atoms with Crippen molar-refractivity contribution in [2.24, 2.45) is 11.5 Å². The lowest BCUT2D eigenvalue weighted by Crippen LogP contribution is -2.58. The molecule has 210 valence electrons. The molecule has 2 rings (SSSR count). The fourth-order valence-corrected chi connectivity index (χ4v) is 3.41. The zero-order chi connectivity index (χ0) is 29.1. The van der Waals surface area contributed by atoms with Crippen LogP contribution >= 0.6 is 0 Å². The number of hydrogen-bond acceptors (Lipinski definition) is 9. The average Bonchev–Trinajstić information content (AvgIpc) is 3.36. The Hall–Kier alpha value is -4.99. The molecule has 0 fully saturated rings. The molecule has 4 amide bonds. The summed E-state index contributed by atoms with van der Waals surface area (Å²) in [7, 11) is 0. The summed E-state index contributed by atoms with van der Waals surface area (Å²) in [6.45, 7) is 0. The smallest absolute Gasteiger partial charge is 0.326 e. The Kier molecular flexibility index (Phi) is 10.9. The summed E-state index contributed by atoms with van der Waals surface area (Å²) in [5.74, 6) is -6.74. The van der Waals surface area contributed by atoms with E-state index in [-0.39, 0.29) is 18.6 Å². The van der Waals surface area contributed by atoms with Crippen LogP contribution in [0.1, 0.15) is 24.1 Å². The zero-order valence-corrected chi connectivity index (χ0v) is 20.5. The Bertz CT molecular complexity index is 1190. The number of rotatable bonds is 15. The first-order chi connectivity index (χ1) is 18.3. The second-order valence-electron chi connectivity index (χ2n) is 8.55. The lowest BCUT2D eigenvalue weighted by atomic mass is 10.0. The van der Waals surface area contributed by atoms with E-state index in [9.17, 15) is 39.0 Å². The number of phenols is 1. The average molecular weight is 548 g/mol. The van der Waals surface area contributed by atoms with E-state index in [1.54, 1.807) is 0 Å². The van der Waals surface area contributed by atoms with Gasteiger partial charge in [0.2, 0.25) is 23.6 Å². The molecule has 0 aliphatic heterocycles. The number of nitrogens with zero attached hydrogens (tertiary/aromatic N) is 1. The molecule has 1 heterocycles. The molecule has 0 spiro atoms. The van der Waals surface area contributed by atoms with E-state index < -0.39 is 72.6 Å². The summed E-state index contributed by atoms with van der Waals surface area (Å²) in [5.41, 5.74) is 11.6. The number of amides is 4. The van der Waals surface area contributed by atoms with Gasteiger partial charge in [-0.1, -0.05) is 12.1 Å². The number of carbonyl (C=O) groups excluding carboxylic acids is 4. The van der Waals surface area contributed by atoms with E-state index in [2.05, 4.69) is 25.9 Å². The van der Waals surface area contributed by atoms with Crippen molar-refractivity contribution >= 4 is 35.6 Å². The first kappa shape index (κ1) is 30.2. The number of benzene rings is 1. The van der Waals surface area contributed by atoms with Crippen LogP contribution in [-0.4, -0.2) is 85.0 Å². The molecule has 39 heavy (non-hydrogen) atoms. The number of aromatic nitrogens is 2. The summed E-state index contributed by atoms with van der Waals surface area (Å²) in [6.07, 6.45) is 0.905. The van der Waals surface area contributed by atoms with Gasteiger partial charge in [-0.05, 0) is 17.7 Å². The number of carbonyl (C=O) groups is 6. The third kappa shape index (κ3) is 10.1. The van der Waals surface area contributed by atoms with Gasteiger partial charge in [0, 0.05) is 24.7 Å². The first-order valence-corrected chi connectivity index (χ1v) is 11.5. The van der Waals surface area contributed by atoms with Crippen LogP contribution in [0, 0.1) is 0 Å². The van der Waals surface area contributed by atoms with Gasteiger partial charge in [0.15, 0.2) is 0 Å². The van der Waals surface area contributed by atoms with Crippen LogP contribution in [0.25, 0.3) is 0 Å². The van der Waals surface area contributed by atoms with Gasteiger partial charge < -0.3 is 47.7 Å². The summed E-state index contributed by atoms with van der Waals surface area (Å²) in [6, 6.07) is -0.302. The first-order valence-electron chi connectivity index (χ1n) is 11.5. The highest BCUT2D eigenvalue weighted by Crippen LogP contribution is 2.12. The van der Waals surface area contributed by atoms with Crippen molar-refractivity contribution in [3.05, 3.63) is 48.0 Å². The monoisotopic (exact) mass is 547 g/mol. The van der Waals surface area contributed by atoms with Gasteiger partial charge in [-0.3, -0.25) is 24.0 Å². The number of carboxylic acid groups (broad SMARTS) is 2. The highest BCUT2D eigenvalue weighted by molar-refractivity contribution is 5.96. The fourth-order valence-electron chi connectivity index (χ4n) is 3.41. The van der Waals surface area contributed by atoms with Crippen LogP contribution in [0.4, 0.5) is 0 Å². The van der Waals surface area contributed by atoms with Crippen molar-refractivity contribution in [3.63, 3.8) is 0 Å². The van der Waals surface area contributed by atoms with Crippen molar-refractivity contribution in [1.82, 2.24) is 25.9 Å². The number of aliphatic carboxylic acids is 2. The predicted molar refractivity (Wildman–Crippen MR) is 132 cm³/mol. The predicted octanol–water partition coefficient (Wildman–Crippen LogP) is -2.88. The van der Waals surface area contributed by atoms with Gasteiger partial charge in [0.05, 0.1) is 25.2 Å². The van der Waals surface area contributed by atoms with Crippen molar-refractivity contribution in [2.75, 3.05) is 0 Å². The topological polar surface area (TPSA) is 280 Å². The molecule has 0 saturated carbocycles. The van der Waals surface area contributed by atoms with E-state index in [1.807, 2.05) is 0 Å². The minimum atomic E-state index is -1.61. The molecule has 4 unspecified atom stereocenters. The summed E-state index contributed by atoms with van der Waals surface area (Å²) in [5, 5.41) is 34.7. The van der Waals surface area contributed by atoms with Crippen LogP contribution in [-0.2, 0) is 41.6 Å². The molecule has 1 aromatic carbocycles. The van der Waals surface area contributed by atoms with Gasteiger partial charge in [0.1, 0.15) is 23.9 Å². The van der Waals surface area contributed by atoms with Crippen molar-refractivity contribution < 1.29 is 44.1 Å². The molecule has 1 aromatic heterocycles. The van der Waals surface area contributed by atoms with Gasteiger partial charge in [0.25, 0.3) is 0 Å². The number of primary amides is 1. The van der Waals surface area contributed by atoms with Crippen LogP contribution in [0.15, 0.2) is 36.8 Å². The number of hydrogen-bond donors (Lipinski definition) is 9. The number of imidazole rings is 1. The van der Waals surface area contributed by atoms with Crippen molar-refractivity contribution in [2.45, 2.75) is 49.9 Å². The third-order valence-electron chi connectivity index (χ3n) is 5.37. The van der Waals surface area contributed by atoms with E-state index in [0.717, 1.165) is 0 Å². The Morgan fingerprint density at radius 1 is 0.846 bits per heavy atom. The van der Waals surface area contributed by atoms with Crippen LogP contribution in [0.2, 0.25) is 0 Å². The van der Waals surface area contributed by atoms with Gasteiger partial charge in [-0.2, -0.15) is 0 Å². The number of carboxylic acids is 2. The Morgan fingerprint density at radius 3 is 1.97 bits per heavy atom. The Balaban J connectivity index is 2.22. The number of aromatic hydroxyl groups is 1. The normalized spacial score (nSPS) is 13.8. The maximum Gasteiger partial charge on any atom is 0.326 e. The van der Waals surface area contributed by atoms with Crippen LogP contribution in [0.5, 0.6) is 5.75 Å². The number of H-pyrrole nitrogens is 1. The molecule has 11 N–H and O–H groups in total. The molecular weight excluding hydrogens is 518 g/mol. The minimum absolute atomic E-state index is 0.0292. The summed E-state index contributed by atoms with van der Waals surface area (Å²) < 4.78 is 0. The van der Waals surface area contributed by atoms with Crippen LogP contribution < -0.4 is 27.4 Å². The molecule has 0 radical (unpaired) electrons. The SMILES string of the molecule is NC(=O)CC(NC(=O)C(N)CC(=O)O)C(=O)NC(Cc1cnc[nH]1)C(=O)NC(Cc1ccc(O)cc1)C(=O)O. The molecule has 4 atom stereocenters. The minimum Gasteiger partial charge on any atom is -0.508 e.